The van der Waals surface area contributed by atoms with Crippen LogP contribution in [0.25, 0.3) is 0 Å². The van der Waals surface area contributed by atoms with E-state index in [4.69, 9.17) is 16.3 Å². The van der Waals surface area contributed by atoms with Crippen LogP contribution in [0.1, 0.15) is 60.8 Å². The predicted octanol–water partition coefficient (Wildman–Crippen LogP) is 8.67. The molecule has 3 aromatic carbocycles. The number of hydrogen-bond donors (Lipinski definition) is 0. The first kappa shape index (κ1) is 26.5. The lowest BCUT2D eigenvalue weighted by molar-refractivity contribution is -0.137. The van der Waals surface area contributed by atoms with Gasteiger partial charge in [0.05, 0.1) is 5.56 Å². The van der Waals surface area contributed by atoms with Crippen LogP contribution in [-0.4, -0.2) is 24.5 Å². The zero-order valence-corrected chi connectivity index (χ0v) is 20.7. The first-order chi connectivity index (χ1) is 17.3. The lowest BCUT2D eigenvalue weighted by atomic mass is 9.89. The highest BCUT2D eigenvalue weighted by Gasteiger charge is 2.32. The SMILES string of the molecule is Fc1ccc(C(F)(F)F)cc1OC(CCCCN1CCC(c2ccccc2)CC1)c1cccc(Cl)c1. The largest absolute Gasteiger partial charge is 0.483 e. The van der Waals surface area contributed by atoms with Crippen molar-refractivity contribution >= 4 is 11.6 Å². The molecule has 0 aromatic heterocycles. The smallest absolute Gasteiger partial charge is 0.416 e. The topological polar surface area (TPSA) is 12.5 Å². The fourth-order valence-corrected chi connectivity index (χ4v) is 5.00. The quantitative estimate of drug-likeness (QED) is 0.207. The Hall–Kier alpha value is -2.57. The third-order valence-electron chi connectivity index (χ3n) is 6.80. The number of ether oxygens (including phenoxy) is 1. The van der Waals surface area contributed by atoms with Crippen molar-refractivity contribution in [1.82, 2.24) is 4.90 Å². The van der Waals surface area contributed by atoms with Gasteiger partial charge in [-0.25, -0.2) is 4.39 Å². The second-order valence-electron chi connectivity index (χ2n) is 9.33. The van der Waals surface area contributed by atoms with Gasteiger partial charge in [0.2, 0.25) is 0 Å². The highest BCUT2D eigenvalue weighted by Crippen LogP contribution is 2.36. The van der Waals surface area contributed by atoms with Crippen molar-refractivity contribution in [3.05, 3.63) is 100 Å². The Bertz CT molecular complexity index is 1110. The van der Waals surface area contributed by atoms with Crippen molar-refractivity contribution in [3.8, 4) is 5.75 Å². The number of alkyl halides is 3. The molecule has 192 valence electrons. The Balaban J connectivity index is 1.34. The van der Waals surface area contributed by atoms with E-state index in [9.17, 15) is 17.6 Å². The predicted molar refractivity (Wildman–Crippen MR) is 135 cm³/mol. The summed E-state index contributed by atoms with van der Waals surface area (Å²) < 4.78 is 59.7. The molecule has 7 heteroatoms. The standard InChI is InChI=1S/C29H30ClF4NO/c30-25-10-6-9-23(19-25)27(36-28-20-24(29(32,33)34)12-13-26(28)31)11-4-5-16-35-17-14-22(15-18-35)21-7-2-1-3-8-21/h1-3,6-10,12-13,19-20,22,27H,4-5,11,14-18H2. The molecule has 0 bridgehead atoms. The number of hydrogen-bond acceptors (Lipinski definition) is 2. The Morgan fingerprint density at radius 1 is 0.917 bits per heavy atom. The van der Waals surface area contributed by atoms with Gasteiger partial charge >= 0.3 is 6.18 Å². The molecule has 0 amide bonds. The minimum Gasteiger partial charge on any atom is -0.483 e. The maximum absolute atomic E-state index is 14.4. The van der Waals surface area contributed by atoms with E-state index in [0.29, 0.717) is 22.9 Å². The molecule has 1 saturated heterocycles. The van der Waals surface area contributed by atoms with Gasteiger partial charge in [0.15, 0.2) is 11.6 Å². The molecule has 0 radical (unpaired) electrons. The van der Waals surface area contributed by atoms with Gasteiger partial charge in [-0.3, -0.25) is 0 Å². The second kappa shape index (κ2) is 12.1. The number of benzene rings is 3. The minimum absolute atomic E-state index is 0.405. The molecule has 4 rings (SSSR count). The molecule has 1 aliphatic heterocycles. The molecule has 0 aliphatic carbocycles. The van der Waals surface area contributed by atoms with Crippen LogP contribution in [0.4, 0.5) is 17.6 Å². The molecule has 0 spiro atoms. The lowest BCUT2D eigenvalue weighted by Crippen LogP contribution is -2.33. The average molecular weight is 520 g/mol. The van der Waals surface area contributed by atoms with Crippen LogP contribution in [0.5, 0.6) is 5.75 Å². The summed E-state index contributed by atoms with van der Waals surface area (Å²) in [6, 6.07) is 19.8. The van der Waals surface area contributed by atoms with E-state index in [1.165, 1.54) is 5.56 Å². The molecule has 0 N–H and O–H groups in total. The highest BCUT2D eigenvalue weighted by molar-refractivity contribution is 6.30. The molecule has 0 saturated carbocycles. The summed E-state index contributed by atoms with van der Waals surface area (Å²) >= 11 is 6.14. The second-order valence-corrected chi connectivity index (χ2v) is 9.76. The van der Waals surface area contributed by atoms with Gasteiger partial charge in [0.25, 0.3) is 0 Å². The molecule has 1 fully saturated rings. The number of piperidine rings is 1. The number of rotatable bonds is 9. The third-order valence-corrected chi connectivity index (χ3v) is 7.03. The van der Waals surface area contributed by atoms with Crippen LogP contribution in [0.15, 0.2) is 72.8 Å². The molecule has 1 atom stereocenters. The van der Waals surface area contributed by atoms with E-state index < -0.39 is 29.4 Å². The van der Waals surface area contributed by atoms with E-state index in [1.54, 1.807) is 24.3 Å². The maximum Gasteiger partial charge on any atom is 0.416 e. The van der Waals surface area contributed by atoms with Gasteiger partial charge in [-0.05, 0) is 99.1 Å². The third kappa shape index (κ3) is 7.23. The van der Waals surface area contributed by atoms with Crippen LogP contribution >= 0.6 is 11.6 Å². The summed E-state index contributed by atoms with van der Waals surface area (Å²) in [5, 5.41) is 0.493. The average Bonchev–Trinajstić information content (AvgIpc) is 2.87. The number of nitrogens with zero attached hydrogens (tertiary/aromatic N) is 1. The Morgan fingerprint density at radius 3 is 2.36 bits per heavy atom. The fourth-order valence-electron chi connectivity index (χ4n) is 4.80. The zero-order chi connectivity index (χ0) is 25.5. The van der Waals surface area contributed by atoms with E-state index in [-0.39, 0.29) is 0 Å². The summed E-state index contributed by atoms with van der Waals surface area (Å²) in [6.07, 6.45) is -0.676. The molecular weight excluding hydrogens is 490 g/mol. The number of unbranched alkanes of at least 4 members (excludes halogenated alkanes) is 1. The van der Waals surface area contributed by atoms with Crippen molar-refractivity contribution in [3.63, 3.8) is 0 Å². The van der Waals surface area contributed by atoms with Gasteiger partial charge in [0.1, 0.15) is 6.10 Å². The molecule has 1 unspecified atom stereocenters. The first-order valence-electron chi connectivity index (χ1n) is 12.4. The summed E-state index contributed by atoms with van der Waals surface area (Å²) in [5.74, 6) is -0.625. The molecule has 36 heavy (non-hydrogen) atoms. The Labute approximate surface area is 214 Å². The summed E-state index contributed by atoms with van der Waals surface area (Å²) in [5.41, 5.74) is 1.17. The minimum atomic E-state index is -4.58. The van der Waals surface area contributed by atoms with Crippen LogP contribution in [-0.2, 0) is 6.18 Å². The summed E-state index contributed by atoms with van der Waals surface area (Å²) in [7, 11) is 0. The molecular formula is C29H30ClF4NO. The molecule has 1 aliphatic rings. The number of likely N-dealkylation sites (tertiary alicyclic amines) is 1. The van der Waals surface area contributed by atoms with E-state index in [1.807, 2.05) is 6.07 Å². The van der Waals surface area contributed by atoms with E-state index in [2.05, 4.69) is 29.2 Å². The van der Waals surface area contributed by atoms with Crippen LogP contribution in [0.3, 0.4) is 0 Å². The van der Waals surface area contributed by atoms with Gasteiger partial charge in [-0.2, -0.15) is 13.2 Å². The fraction of sp³-hybridized carbons (Fsp3) is 0.379. The molecule has 3 aromatic rings. The normalized spacial score (nSPS) is 16.1. The van der Waals surface area contributed by atoms with Gasteiger partial charge in [-0.15, -0.1) is 0 Å². The van der Waals surface area contributed by atoms with Crippen molar-refractivity contribution in [2.24, 2.45) is 0 Å². The number of halogens is 5. The Morgan fingerprint density at radius 2 is 1.67 bits per heavy atom. The van der Waals surface area contributed by atoms with Crippen molar-refractivity contribution in [2.45, 2.75) is 50.3 Å². The maximum atomic E-state index is 14.4. The monoisotopic (exact) mass is 519 g/mol. The van der Waals surface area contributed by atoms with Crippen molar-refractivity contribution in [1.29, 1.82) is 0 Å². The summed E-state index contributed by atoms with van der Waals surface area (Å²) in [4.78, 5) is 2.46. The Kier molecular flexibility index (Phi) is 8.91. The molecule has 2 nitrogen and oxygen atoms in total. The van der Waals surface area contributed by atoms with Crippen LogP contribution in [0.2, 0.25) is 5.02 Å². The van der Waals surface area contributed by atoms with E-state index in [0.717, 1.165) is 63.5 Å². The van der Waals surface area contributed by atoms with Crippen LogP contribution in [0, 0.1) is 5.82 Å². The summed E-state index contributed by atoms with van der Waals surface area (Å²) in [6.45, 7) is 3.04. The van der Waals surface area contributed by atoms with E-state index >= 15 is 0 Å². The highest BCUT2D eigenvalue weighted by atomic mass is 35.5. The van der Waals surface area contributed by atoms with Crippen molar-refractivity contribution in [2.75, 3.05) is 19.6 Å². The molecule has 1 heterocycles. The van der Waals surface area contributed by atoms with Gasteiger partial charge in [-0.1, -0.05) is 54.1 Å². The zero-order valence-electron chi connectivity index (χ0n) is 20.0. The van der Waals surface area contributed by atoms with Crippen molar-refractivity contribution < 1.29 is 22.3 Å². The lowest BCUT2D eigenvalue weighted by Gasteiger charge is -2.32. The van der Waals surface area contributed by atoms with Gasteiger partial charge < -0.3 is 9.64 Å². The van der Waals surface area contributed by atoms with Gasteiger partial charge in [0, 0.05) is 5.02 Å². The first-order valence-corrected chi connectivity index (χ1v) is 12.7. The van der Waals surface area contributed by atoms with Crippen LogP contribution < -0.4 is 4.74 Å².